The molecule has 4 N–H and O–H groups in total. The highest BCUT2D eigenvalue weighted by molar-refractivity contribution is 5.70. The van der Waals surface area contributed by atoms with Gasteiger partial charge in [0.05, 0.1) is 13.0 Å². The third-order valence-corrected chi connectivity index (χ3v) is 3.57. The topological polar surface area (TPSA) is 143 Å². The predicted octanol–water partition coefficient (Wildman–Crippen LogP) is -0.839. The fraction of sp³-hybridized carbons (Fsp3) is 0.667. The van der Waals surface area contributed by atoms with Gasteiger partial charge in [0.1, 0.15) is 18.3 Å². The number of carbonyl (C=O) groups is 1. The molecule has 140 valence electrons. The van der Waals surface area contributed by atoms with Gasteiger partial charge in [0.2, 0.25) is 0 Å². The number of aliphatic hydroxyl groups is 3. The SMILES string of the molecule is CC(C)(C)CC(=O)ONc1ccn([C@@H]2O[C@H](CO)[C@@H](O)[C@H]2O)c(=O)n1. The van der Waals surface area contributed by atoms with Gasteiger partial charge in [0.25, 0.3) is 0 Å². The summed E-state index contributed by atoms with van der Waals surface area (Å²) in [6.45, 7) is 5.15. The van der Waals surface area contributed by atoms with Gasteiger partial charge in [-0.3, -0.25) is 4.57 Å². The van der Waals surface area contributed by atoms with Crippen LogP contribution in [-0.2, 0) is 14.4 Å². The third-order valence-electron chi connectivity index (χ3n) is 3.57. The Kier molecular flexibility index (Phi) is 5.78. The van der Waals surface area contributed by atoms with Crippen molar-refractivity contribution in [2.24, 2.45) is 5.41 Å². The minimum atomic E-state index is -1.39. The second-order valence-corrected chi connectivity index (χ2v) is 7.05. The molecule has 0 unspecified atom stereocenters. The van der Waals surface area contributed by atoms with Crippen LogP contribution in [0, 0.1) is 5.41 Å². The van der Waals surface area contributed by atoms with Crippen molar-refractivity contribution < 1.29 is 29.7 Å². The number of carbonyl (C=O) groups excluding carboxylic acids is 1. The average Bonchev–Trinajstić information content (AvgIpc) is 2.79. The van der Waals surface area contributed by atoms with E-state index in [9.17, 15) is 19.8 Å². The monoisotopic (exact) mass is 357 g/mol. The van der Waals surface area contributed by atoms with Crippen LogP contribution in [0.25, 0.3) is 0 Å². The molecule has 0 aliphatic carbocycles. The zero-order valence-electron chi connectivity index (χ0n) is 14.2. The highest BCUT2D eigenvalue weighted by Crippen LogP contribution is 2.28. The molecular weight excluding hydrogens is 334 g/mol. The van der Waals surface area contributed by atoms with Gasteiger partial charge in [-0.1, -0.05) is 20.8 Å². The first-order valence-corrected chi connectivity index (χ1v) is 7.80. The number of aliphatic hydroxyl groups excluding tert-OH is 3. The Morgan fingerprint density at radius 1 is 1.40 bits per heavy atom. The number of aromatic nitrogens is 2. The number of rotatable bonds is 5. The zero-order valence-corrected chi connectivity index (χ0v) is 14.2. The lowest BCUT2D eigenvalue weighted by Gasteiger charge is -2.18. The molecular formula is C15H23N3O7. The highest BCUT2D eigenvalue weighted by atomic mass is 16.7. The molecule has 0 saturated carbocycles. The second kappa shape index (κ2) is 7.48. The van der Waals surface area contributed by atoms with E-state index in [1.165, 1.54) is 12.3 Å². The van der Waals surface area contributed by atoms with E-state index in [2.05, 4.69) is 10.5 Å². The van der Waals surface area contributed by atoms with E-state index in [0.717, 1.165) is 4.57 Å². The van der Waals surface area contributed by atoms with Gasteiger partial charge in [0.15, 0.2) is 12.0 Å². The lowest BCUT2D eigenvalue weighted by atomic mass is 9.93. The first-order chi connectivity index (χ1) is 11.6. The first-order valence-electron chi connectivity index (χ1n) is 7.80. The Labute approximate surface area is 144 Å². The van der Waals surface area contributed by atoms with Crippen molar-refractivity contribution in [2.75, 3.05) is 12.1 Å². The molecule has 25 heavy (non-hydrogen) atoms. The summed E-state index contributed by atoms with van der Waals surface area (Å²) in [7, 11) is 0. The Balaban J connectivity index is 2.04. The number of hydrogen-bond donors (Lipinski definition) is 4. The molecule has 2 rings (SSSR count). The molecule has 1 fully saturated rings. The summed E-state index contributed by atoms with van der Waals surface area (Å²) in [5.41, 5.74) is 1.27. The van der Waals surface area contributed by atoms with Crippen LogP contribution in [0.1, 0.15) is 33.4 Å². The lowest BCUT2D eigenvalue weighted by Crippen LogP contribution is -2.36. The summed E-state index contributed by atoms with van der Waals surface area (Å²) >= 11 is 0. The van der Waals surface area contributed by atoms with E-state index < -0.39 is 42.8 Å². The normalized spacial score (nSPS) is 26.5. The maximum atomic E-state index is 12.1. The summed E-state index contributed by atoms with van der Waals surface area (Å²) in [6, 6.07) is 1.35. The van der Waals surface area contributed by atoms with Crippen LogP contribution in [0.3, 0.4) is 0 Å². The number of hydrogen-bond acceptors (Lipinski definition) is 9. The summed E-state index contributed by atoms with van der Waals surface area (Å²) in [6.07, 6.45) is -3.43. The molecule has 1 aromatic heterocycles. The molecule has 1 saturated heterocycles. The second-order valence-electron chi connectivity index (χ2n) is 7.05. The Morgan fingerprint density at radius 3 is 2.60 bits per heavy atom. The number of ether oxygens (including phenoxy) is 1. The van der Waals surface area contributed by atoms with Crippen molar-refractivity contribution in [3.63, 3.8) is 0 Å². The minimum absolute atomic E-state index is 0.00949. The number of nitrogens with one attached hydrogen (secondary N) is 1. The van der Waals surface area contributed by atoms with Crippen molar-refractivity contribution >= 4 is 11.8 Å². The zero-order chi connectivity index (χ0) is 18.8. The first kappa shape index (κ1) is 19.3. The van der Waals surface area contributed by atoms with Crippen molar-refractivity contribution in [2.45, 2.75) is 51.7 Å². The average molecular weight is 357 g/mol. The van der Waals surface area contributed by atoms with Crippen molar-refractivity contribution in [1.82, 2.24) is 9.55 Å². The van der Waals surface area contributed by atoms with E-state index in [-0.39, 0.29) is 17.7 Å². The number of anilines is 1. The quantitative estimate of drug-likeness (QED) is 0.496. The van der Waals surface area contributed by atoms with Crippen LogP contribution in [0.2, 0.25) is 0 Å². The van der Waals surface area contributed by atoms with Crippen LogP contribution in [-0.4, -0.2) is 55.8 Å². The van der Waals surface area contributed by atoms with E-state index in [1.54, 1.807) is 0 Å². The Hall–Kier alpha value is -2.01. The largest absolute Gasteiger partial charge is 0.394 e. The molecule has 1 aliphatic heterocycles. The number of nitrogens with zero attached hydrogens (tertiary/aromatic N) is 2. The fourth-order valence-corrected chi connectivity index (χ4v) is 2.35. The molecule has 0 bridgehead atoms. The maximum Gasteiger partial charge on any atom is 0.351 e. The van der Waals surface area contributed by atoms with Crippen molar-refractivity contribution in [3.8, 4) is 0 Å². The van der Waals surface area contributed by atoms with Crippen LogP contribution in [0.4, 0.5) is 5.82 Å². The van der Waals surface area contributed by atoms with E-state index in [4.69, 9.17) is 14.7 Å². The molecule has 10 heteroatoms. The summed E-state index contributed by atoms with van der Waals surface area (Å²) in [5.74, 6) is -0.489. The van der Waals surface area contributed by atoms with E-state index in [0.29, 0.717) is 0 Å². The van der Waals surface area contributed by atoms with Gasteiger partial charge in [-0.25, -0.2) is 15.1 Å². The van der Waals surface area contributed by atoms with Crippen LogP contribution < -0.4 is 11.2 Å². The van der Waals surface area contributed by atoms with Gasteiger partial charge in [-0.15, -0.1) is 0 Å². The van der Waals surface area contributed by atoms with Gasteiger partial charge < -0.3 is 24.9 Å². The van der Waals surface area contributed by atoms with Gasteiger partial charge >= 0.3 is 11.7 Å². The van der Waals surface area contributed by atoms with Gasteiger partial charge in [-0.05, 0) is 5.41 Å². The van der Waals surface area contributed by atoms with Crippen molar-refractivity contribution in [1.29, 1.82) is 0 Å². The molecule has 0 aromatic carbocycles. The van der Waals surface area contributed by atoms with E-state index in [1.807, 2.05) is 20.8 Å². The summed E-state index contributed by atoms with van der Waals surface area (Å²) < 4.78 is 6.24. The summed E-state index contributed by atoms with van der Waals surface area (Å²) in [4.78, 5) is 32.2. The molecule has 1 aliphatic rings. The Bertz CT molecular complexity index is 670. The fourth-order valence-electron chi connectivity index (χ4n) is 2.35. The Morgan fingerprint density at radius 2 is 2.08 bits per heavy atom. The predicted molar refractivity (Wildman–Crippen MR) is 85.3 cm³/mol. The molecule has 1 aromatic rings. The molecule has 0 spiro atoms. The van der Waals surface area contributed by atoms with E-state index >= 15 is 0 Å². The standard InChI is InChI=1S/C15H23N3O7/c1-15(2,3)6-10(20)25-17-9-4-5-18(14(23)16-9)13-12(22)11(21)8(7-19)24-13/h4-5,8,11-13,19,21-22H,6-7H2,1-3H3,(H,16,17,23)/t8-,11-,12-,13-/m1/s1. The third kappa shape index (κ3) is 4.75. The molecule has 4 atom stereocenters. The van der Waals surface area contributed by atoms with Crippen LogP contribution >= 0.6 is 0 Å². The molecule has 0 radical (unpaired) electrons. The molecule has 0 amide bonds. The van der Waals surface area contributed by atoms with Crippen LogP contribution in [0.5, 0.6) is 0 Å². The smallest absolute Gasteiger partial charge is 0.351 e. The maximum absolute atomic E-state index is 12.1. The lowest BCUT2D eigenvalue weighted by molar-refractivity contribution is -0.142. The molecule has 10 nitrogen and oxygen atoms in total. The van der Waals surface area contributed by atoms with Crippen molar-refractivity contribution in [3.05, 3.63) is 22.7 Å². The molecule has 2 heterocycles. The minimum Gasteiger partial charge on any atom is -0.394 e. The van der Waals surface area contributed by atoms with Gasteiger partial charge in [0, 0.05) is 12.3 Å². The van der Waals surface area contributed by atoms with Gasteiger partial charge in [-0.2, -0.15) is 4.98 Å². The highest BCUT2D eigenvalue weighted by Gasteiger charge is 2.43. The summed E-state index contributed by atoms with van der Waals surface area (Å²) in [5, 5.41) is 28.7. The van der Waals surface area contributed by atoms with Crippen LogP contribution in [0.15, 0.2) is 17.1 Å².